The number of aliphatic hydroxyl groups is 1. The predicted octanol–water partition coefficient (Wildman–Crippen LogP) is 1.80. The number of anilines is 1. The number of amides is 1. The second-order valence-electron chi connectivity index (χ2n) is 6.06. The van der Waals surface area contributed by atoms with E-state index >= 15 is 0 Å². The summed E-state index contributed by atoms with van der Waals surface area (Å²) in [5.74, 6) is 0.0532. The zero-order valence-electron chi connectivity index (χ0n) is 12.6. The predicted molar refractivity (Wildman–Crippen MR) is 79.8 cm³/mol. The summed E-state index contributed by atoms with van der Waals surface area (Å²) in [6.07, 6.45) is 0.0347. The van der Waals surface area contributed by atoms with E-state index in [-0.39, 0.29) is 17.9 Å². The first-order valence-corrected chi connectivity index (χ1v) is 6.63. The molecule has 0 saturated carbocycles. The lowest BCUT2D eigenvalue weighted by Crippen LogP contribution is -2.34. The average molecular weight is 280 g/mol. The van der Waals surface area contributed by atoms with Gasteiger partial charge in [0.2, 0.25) is 0 Å². The number of methoxy groups -OCH3 is 1. The summed E-state index contributed by atoms with van der Waals surface area (Å²) < 4.78 is 5.14. The highest BCUT2D eigenvalue weighted by Crippen LogP contribution is 2.25. The molecule has 0 bridgehead atoms. The minimum absolute atomic E-state index is 0.0129. The summed E-state index contributed by atoms with van der Waals surface area (Å²) in [5, 5.41) is 12.6. The third-order valence-corrected chi connectivity index (χ3v) is 2.84. The highest BCUT2D eigenvalue weighted by atomic mass is 16.5. The van der Waals surface area contributed by atoms with Gasteiger partial charge in [0.05, 0.1) is 24.5 Å². The SMILES string of the molecule is COc1c(N)cccc1C(=O)NCC(O)CC(C)(C)C. The molecule has 5 nitrogen and oxygen atoms in total. The van der Waals surface area contributed by atoms with Crippen molar-refractivity contribution >= 4 is 11.6 Å². The van der Waals surface area contributed by atoms with E-state index in [2.05, 4.69) is 5.32 Å². The van der Waals surface area contributed by atoms with Crippen LogP contribution in [0.5, 0.6) is 5.75 Å². The molecular weight excluding hydrogens is 256 g/mol. The van der Waals surface area contributed by atoms with Gasteiger partial charge in [0, 0.05) is 6.54 Å². The van der Waals surface area contributed by atoms with Gasteiger partial charge in [-0.15, -0.1) is 0 Å². The lowest BCUT2D eigenvalue weighted by Gasteiger charge is -2.22. The average Bonchev–Trinajstić information content (AvgIpc) is 2.33. The van der Waals surface area contributed by atoms with E-state index in [1.54, 1.807) is 18.2 Å². The van der Waals surface area contributed by atoms with Crippen LogP contribution in [-0.4, -0.2) is 30.8 Å². The molecule has 1 rings (SSSR count). The van der Waals surface area contributed by atoms with Crippen molar-refractivity contribution in [3.8, 4) is 5.75 Å². The maximum Gasteiger partial charge on any atom is 0.255 e. The van der Waals surface area contributed by atoms with Crippen LogP contribution < -0.4 is 15.8 Å². The van der Waals surface area contributed by atoms with Crippen LogP contribution in [0.3, 0.4) is 0 Å². The summed E-state index contributed by atoms with van der Waals surface area (Å²) in [7, 11) is 1.47. The molecule has 0 aromatic heterocycles. The Morgan fingerprint density at radius 1 is 1.45 bits per heavy atom. The highest BCUT2D eigenvalue weighted by molar-refractivity contribution is 5.98. The molecule has 1 aromatic carbocycles. The number of nitrogen functional groups attached to an aromatic ring is 1. The molecule has 1 amide bonds. The van der Waals surface area contributed by atoms with Crippen LogP contribution in [0.15, 0.2) is 18.2 Å². The number of carbonyl (C=O) groups is 1. The molecule has 20 heavy (non-hydrogen) atoms. The zero-order valence-corrected chi connectivity index (χ0v) is 12.6. The van der Waals surface area contributed by atoms with Crippen molar-refractivity contribution in [1.82, 2.24) is 5.32 Å². The number of nitrogens with one attached hydrogen (secondary N) is 1. The molecule has 1 unspecified atom stereocenters. The van der Waals surface area contributed by atoms with Gasteiger partial charge >= 0.3 is 0 Å². The number of benzene rings is 1. The van der Waals surface area contributed by atoms with Crippen molar-refractivity contribution in [1.29, 1.82) is 0 Å². The van der Waals surface area contributed by atoms with Gasteiger partial charge in [0.25, 0.3) is 5.91 Å². The van der Waals surface area contributed by atoms with Crippen LogP contribution in [0.25, 0.3) is 0 Å². The molecule has 0 fully saturated rings. The van der Waals surface area contributed by atoms with Gasteiger partial charge in [-0.05, 0) is 24.0 Å². The van der Waals surface area contributed by atoms with Gasteiger partial charge < -0.3 is 20.9 Å². The molecule has 1 aromatic rings. The summed E-state index contributed by atoms with van der Waals surface area (Å²) in [6, 6.07) is 5.00. The Morgan fingerprint density at radius 3 is 2.65 bits per heavy atom. The minimum atomic E-state index is -0.578. The van der Waals surface area contributed by atoms with Gasteiger partial charge in [0.15, 0.2) is 5.75 Å². The third-order valence-electron chi connectivity index (χ3n) is 2.84. The molecule has 4 N–H and O–H groups in total. The van der Waals surface area contributed by atoms with E-state index < -0.39 is 6.10 Å². The lowest BCUT2D eigenvalue weighted by atomic mass is 9.89. The van der Waals surface area contributed by atoms with Crippen LogP contribution in [0, 0.1) is 5.41 Å². The number of rotatable bonds is 5. The summed E-state index contributed by atoms with van der Waals surface area (Å²) in [5.41, 5.74) is 6.55. The first kappa shape index (κ1) is 16.3. The summed E-state index contributed by atoms with van der Waals surface area (Å²) >= 11 is 0. The van der Waals surface area contributed by atoms with E-state index in [0.29, 0.717) is 23.4 Å². The first-order chi connectivity index (χ1) is 9.24. The molecule has 0 heterocycles. The Kier molecular flexibility index (Phi) is 5.39. The van der Waals surface area contributed by atoms with Crippen LogP contribution in [0.1, 0.15) is 37.6 Å². The highest BCUT2D eigenvalue weighted by Gasteiger charge is 2.19. The number of para-hydroxylation sites is 1. The van der Waals surface area contributed by atoms with Crippen molar-refractivity contribution in [2.75, 3.05) is 19.4 Å². The Balaban J connectivity index is 2.66. The fourth-order valence-electron chi connectivity index (χ4n) is 2.05. The van der Waals surface area contributed by atoms with Gasteiger partial charge in [-0.1, -0.05) is 26.8 Å². The zero-order chi connectivity index (χ0) is 15.3. The van der Waals surface area contributed by atoms with E-state index in [1.807, 2.05) is 20.8 Å². The summed E-state index contributed by atoms with van der Waals surface area (Å²) in [4.78, 5) is 12.1. The van der Waals surface area contributed by atoms with Crippen LogP contribution >= 0.6 is 0 Å². The monoisotopic (exact) mass is 280 g/mol. The standard InChI is InChI=1S/C15H24N2O3/c1-15(2,3)8-10(18)9-17-14(19)11-6-5-7-12(16)13(11)20-4/h5-7,10,18H,8-9,16H2,1-4H3,(H,17,19). The van der Waals surface area contributed by atoms with Crippen LogP contribution in [-0.2, 0) is 0 Å². The first-order valence-electron chi connectivity index (χ1n) is 6.63. The Hall–Kier alpha value is -1.75. The molecule has 1 atom stereocenters. The fourth-order valence-corrected chi connectivity index (χ4v) is 2.05. The van der Waals surface area contributed by atoms with Gasteiger partial charge in [0.1, 0.15) is 0 Å². The molecule has 0 spiro atoms. The van der Waals surface area contributed by atoms with Crippen molar-refractivity contribution in [2.45, 2.75) is 33.3 Å². The van der Waals surface area contributed by atoms with E-state index in [4.69, 9.17) is 10.5 Å². The molecule has 112 valence electrons. The van der Waals surface area contributed by atoms with E-state index in [9.17, 15) is 9.90 Å². The Bertz CT molecular complexity index is 467. The second kappa shape index (κ2) is 6.61. The van der Waals surface area contributed by atoms with Crippen LogP contribution in [0.2, 0.25) is 0 Å². The Morgan fingerprint density at radius 2 is 2.10 bits per heavy atom. The second-order valence-corrected chi connectivity index (χ2v) is 6.06. The minimum Gasteiger partial charge on any atom is -0.494 e. The lowest BCUT2D eigenvalue weighted by molar-refractivity contribution is 0.0866. The Labute approximate surface area is 120 Å². The van der Waals surface area contributed by atoms with Gasteiger partial charge in [-0.2, -0.15) is 0 Å². The topological polar surface area (TPSA) is 84.6 Å². The normalized spacial score (nSPS) is 12.8. The molecule has 0 saturated heterocycles. The quantitative estimate of drug-likeness (QED) is 0.718. The number of ether oxygens (including phenoxy) is 1. The fraction of sp³-hybridized carbons (Fsp3) is 0.533. The van der Waals surface area contributed by atoms with Crippen molar-refractivity contribution in [3.05, 3.63) is 23.8 Å². The maximum atomic E-state index is 12.1. The van der Waals surface area contributed by atoms with Gasteiger partial charge in [-0.3, -0.25) is 4.79 Å². The smallest absolute Gasteiger partial charge is 0.255 e. The van der Waals surface area contributed by atoms with Crippen molar-refractivity contribution < 1.29 is 14.6 Å². The molecule has 0 radical (unpaired) electrons. The number of nitrogens with two attached hydrogens (primary N) is 1. The van der Waals surface area contributed by atoms with Crippen molar-refractivity contribution in [2.24, 2.45) is 5.41 Å². The van der Waals surface area contributed by atoms with Gasteiger partial charge in [-0.25, -0.2) is 0 Å². The van der Waals surface area contributed by atoms with E-state index in [1.165, 1.54) is 7.11 Å². The third kappa shape index (κ3) is 4.74. The number of hydrogen-bond acceptors (Lipinski definition) is 4. The molecule has 5 heteroatoms. The molecule has 0 aliphatic carbocycles. The number of carbonyl (C=O) groups excluding carboxylic acids is 1. The van der Waals surface area contributed by atoms with E-state index in [0.717, 1.165) is 0 Å². The molecule has 0 aliphatic heterocycles. The molecular formula is C15H24N2O3. The number of hydrogen-bond donors (Lipinski definition) is 3. The van der Waals surface area contributed by atoms with Crippen LogP contribution in [0.4, 0.5) is 5.69 Å². The summed E-state index contributed by atoms with van der Waals surface area (Å²) in [6.45, 7) is 6.32. The largest absolute Gasteiger partial charge is 0.494 e. The maximum absolute atomic E-state index is 12.1. The number of aliphatic hydroxyl groups excluding tert-OH is 1. The molecule has 0 aliphatic rings. The van der Waals surface area contributed by atoms with Crippen molar-refractivity contribution in [3.63, 3.8) is 0 Å².